The Bertz CT molecular complexity index is 786. The molecule has 6 nitrogen and oxygen atoms in total. The van der Waals surface area contributed by atoms with Crippen LogP contribution in [-0.2, 0) is 12.0 Å². The molecule has 0 amide bonds. The maximum absolute atomic E-state index is 12.1. The van der Waals surface area contributed by atoms with E-state index < -0.39 is 16.2 Å². The molecule has 0 unspecified atom stereocenters. The van der Waals surface area contributed by atoms with Gasteiger partial charge in [0.2, 0.25) is 0 Å². The Morgan fingerprint density at radius 1 is 1.12 bits per heavy atom. The summed E-state index contributed by atoms with van der Waals surface area (Å²) in [4.78, 5) is 22.3. The molecule has 0 saturated heterocycles. The first-order valence-electron chi connectivity index (χ1n) is 7.78. The van der Waals surface area contributed by atoms with Crippen LogP contribution in [0.5, 0.6) is 5.75 Å². The van der Waals surface area contributed by atoms with Crippen molar-refractivity contribution in [2.75, 3.05) is 6.61 Å². The van der Waals surface area contributed by atoms with Crippen molar-refractivity contribution in [2.24, 2.45) is 0 Å². The minimum Gasteiger partial charge on any atom is -0.492 e. The molecule has 0 fully saturated rings. The molecule has 24 heavy (non-hydrogen) atoms. The van der Waals surface area contributed by atoms with E-state index >= 15 is 0 Å². The van der Waals surface area contributed by atoms with Gasteiger partial charge in [0.25, 0.3) is 0 Å². The summed E-state index contributed by atoms with van der Waals surface area (Å²) in [5.41, 5.74) is 0.922. The third-order valence-corrected chi connectivity index (χ3v) is 3.87. The predicted octanol–water partition coefficient (Wildman–Crippen LogP) is 3.44. The fourth-order valence-electron chi connectivity index (χ4n) is 2.38. The van der Waals surface area contributed by atoms with E-state index in [2.05, 4.69) is 20.8 Å². The molecule has 2 rings (SSSR count). The normalized spacial score (nSPS) is 11.3. The molecule has 0 aliphatic heterocycles. The number of hydrogen-bond donors (Lipinski definition) is 0. The van der Waals surface area contributed by atoms with Gasteiger partial charge in [-0.3, -0.25) is 14.9 Å². The highest BCUT2D eigenvalue weighted by Gasteiger charge is 2.16. The highest BCUT2D eigenvalue weighted by atomic mass is 16.6. The van der Waals surface area contributed by atoms with Crippen LogP contribution in [0.2, 0.25) is 0 Å². The Hall–Kier alpha value is -2.63. The van der Waals surface area contributed by atoms with Gasteiger partial charge in [-0.15, -0.1) is 0 Å². The number of nitro groups is 1. The molecule has 0 saturated carbocycles. The van der Waals surface area contributed by atoms with Crippen LogP contribution in [0.25, 0.3) is 0 Å². The van der Waals surface area contributed by atoms with E-state index in [0.29, 0.717) is 11.4 Å². The second-order valence-corrected chi connectivity index (χ2v) is 6.70. The minimum absolute atomic E-state index is 0.0753. The van der Waals surface area contributed by atoms with Gasteiger partial charge in [0.05, 0.1) is 11.5 Å². The monoisotopic (exact) mass is 330 g/mol. The SMILES string of the molecule is Cc1ccc([N+](=O)[O-])c(=O)n1CCOc1ccc(C(C)(C)C)cc1. The number of hydrogen-bond acceptors (Lipinski definition) is 4. The second kappa shape index (κ2) is 6.86. The van der Waals surface area contributed by atoms with Crippen molar-refractivity contribution < 1.29 is 9.66 Å². The van der Waals surface area contributed by atoms with Crippen molar-refractivity contribution in [1.82, 2.24) is 4.57 Å². The lowest BCUT2D eigenvalue weighted by atomic mass is 9.87. The van der Waals surface area contributed by atoms with Gasteiger partial charge in [0, 0.05) is 11.8 Å². The minimum atomic E-state index is -0.662. The van der Waals surface area contributed by atoms with Gasteiger partial charge in [-0.1, -0.05) is 32.9 Å². The number of pyridine rings is 1. The molecule has 0 radical (unpaired) electrons. The topological polar surface area (TPSA) is 74.4 Å². The molecule has 0 spiro atoms. The molecule has 0 bridgehead atoms. The number of benzene rings is 1. The van der Waals surface area contributed by atoms with E-state index in [1.165, 1.54) is 16.2 Å². The Kier molecular flexibility index (Phi) is 5.07. The van der Waals surface area contributed by atoms with Crippen LogP contribution < -0.4 is 10.3 Å². The average Bonchev–Trinajstić information content (AvgIpc) is 2.49. The molecule has 1 aromatic heterocycles. The van der Waals surface area contributed by atoms with Crippen LogP contribution in [0.15, 0.2) is 41.2 Å². The number of ether oxygens (including phenoxy) is 1. The van der Waals surface area contributed by atoms with E-state index in [0.717, 1.165) is 0 Å². The molecular formula is C18H22N2O4. The summed E-state index contributed by atoms with van der Waals surface area (Å²) in [5, 5.41) is 10.9. The molecule has 1 aromatic carbocycles. The first-order chi connectivity index (χ1) is 11.2. The zero-order valence-corrected chi connectivity index (χ0v) is 14.4. The molecule has 1 heterocycles. The van der Waals surface area contributed by atoms with Crippen molar-refractivity contribution in [3.05, 3.63) is 68.1 Å². The van der Waals surface area contributed by atoms with Gasteiger partial charge in [0.15, 0.2) is 0 Å². The van der Waals surface area contributed by atoms with E-state index in [4.69, 9.17) is 4.74 Å². The molecule has 128 valence electrons. The van der Waals surface area contributed by atoms with Crippen molar-refractivity contribution in [2.45, 2.75) is 39.7 Å². The third kappa shape index (κ3) is 4.01. The second-order valence-electron chi connectivity index (χ2n) is 6.70. The number of nitrogens with zero attached hydrogens (tertiary/aromatic N) is 2. The highest BCUT2D eigenvalue weighted by molar-refractivity contribution is 5.31. The van der Waals surface area contributed by atoms with Crippen LogP contribution in [0.1, 0.15) is 32.0 Å². The lowest BCUT2D eigenvalue weighted by Crippen LogP contribution is -2.26. The first kappa shape index (κ1) is 17.7. The summed E-state index contributed by atoms with van der Waals surface area (Å²) in [6, 6.07) is 10.6. The van der Waals surface area contributed by atoms with E-state index in [1.807, 2.05) is 24.3 Å². The molecular weight excluding hydrogens is 308 g/mol. The van der Waals surface area contributed by atoms with Crippen LogP contribution in [-0.4, -0.2) is 16.1 Å². The maximum Gasteiger partial charge on any atom is 0.334 e. The van der Waals surface area contributed by atoms with Crippen LogP contribution in [0, 0.1) is 17.0 Å². The number of aromatic nitrogens is 1. The fraction of sp³-hybridized carbons (Fsp3) is 0.389. The number of rotatable bonds is 5. The zero-order chi connectivity index (χ0) is 17.9. The lowest BCUT2D eigenvalue weighted by molar-refractivity contribution is -0.386. The largest absolute Gasteiger partial charge is 0.492 e. The molecule has 0 atom stereocenters. The number of aryl methyl sites for hydroxylation is 1. The van der Waals surface area contributed by atoms with Gasteiger partial charge in [-0.05, 0) is 36.1 Å². The smallest absolute Gasteiger partial charge is 0.334 e. The quantitative estimate of drug-likeness (QED) is 0.622. The van der Waals surface area contributed by atoms with Crippen molar-refractivity contribution in [3.8, 4) is 5.75 Å². The fourth-order valence-corrected chi connectivity index (χ4v) is 2.38. The lowest BCUT2D eigenvalue weighted by Gasteiger charge is -2.19. The van der Waals surface area contributed by atoms with Gasteiger partial charge < -0.3 is 9.30 Å². The van der Waals surface area contributed by atoms with Crippen LogP contribution >= 0.6 is 0 Å². The average molecular weight is 330 g/mol. The molecule has 0 N–H and O–H groups in total. The Labute approximate surface area is 140 Å². The Balaban J connectivity index is 2.06. The summed E-state index contributed by atoms with van der Waals surface area (Å²) < 4.78 is 7.02. The summed E-state index contributed by atoms with van der Waals surface area (Å²) in [6.45, 7) is 8.68. The van der Waals surface area contributed by atoms with Gasteiger partial charge >= 0.3 is 11.2 Å². The summed E-state index contributed by atoms with van der Waals surface area (Å²) in [6.07, 6.45) is 0. The van der Waals surface area contributed by atoms with Crippen molar-refractivity contribution >= 4 is 5.69 Å². The van der Waals surface area contributed by atoms with Crippen molar-refractivity contribution in [3.63, 3.8) is 0 Å². The predicted molar refractivity (Wildman–Crippen MR) is 92.7 cm³/mol. The molecule has 0 aliphatic rings. The molecule has 2 aromatic rings. The van der Waals surface area contributed by atoms with E-state index in [9.17, 15) is 14.9 Å². The van der Waals surface area contributed by atoms with Crippen LogP contribution in [0.3, 0.4) is 0 Å². The van der Waals surface area contributed by atoms with Crippen molar-refractivity contribution in [1.29, 1.82) is 0 Å². The van der Waals surface area contributed by atoms with Gasteiger partial charge in [-0.2, -0.15) is 0 Å². The summed E-state index contributed by atoms with van der Waals surface area (Å²) in [5.74, 6) is 0.708. The highest BCUT2D eigenvalue weighted by Crippen LogP contribution is 2.24. The Morgan fingerprint density at radius 2 is 1.75 bits per heavy atom. The summed E-state index contributed by atoms with van der Waals surface area (Å²) in [7, 11) is 0. The molecule has 6 heteroatoms. The zero-order valence-electron chi connectivity index (χ0n) is 14.4. The first-order valence-corrected chi connectivity index (χ1v) is 7.78. The maximum atomic E-state index is 12.1. The van der Waals surface area contributed by atoms with E-state index in [1.54, 1.807) is 13.0 Å². The van der Waals surface area contributed by atoms with Gasteiger partial charge in [-0.25, -0.2) is 0 Å². The van der Waals surface area contributed by atoms with Gasteiger partial charge in [0.1, 0.15) is 12.4 Å². The molecule has 0 aliphatic carbocycles. The third-order valence-electron chi connectivity index (χ3n) is 3.87. The standard InChI is InChI=1S/C18H22N2O4/c1-13-5-10-16(20(22)23)17(21)19(13)11-12-24-15-8-6-14(7-9-15)18(2,3)4/h5-10H,11-12H2,1-4H3. The Morgan fingerprint density at radius 3 is 2.29 bits per heavy atom. The van der Waals surface area contributed by atoms with E-state index in [-0.39, 0.29) is 18.6 Å². The van der Waals surface area contributed by atoms with Crippen LogP contribution in [0.4, 0.5) is 5.69 Å². The summed E-state index contributed by atoms with van der Waals surface area (Å²) >= 11 is 0.